The van der Waals surface area contributed by atoms with Crippen LogP contribution in [0.5, 0.6) is 0 Å². The highest BCUT2D eigenvalue weighted by atomic mass is 32.2. The lowest BCUT2D eigenvalue weighted by molar-refractivity contribution is 0.346. The third kappa shape index (κ3) is 4.42. The van der Waals surface area contributed by atoms with Crippen LogP contribution in [0.1, 0.15) is 30.4 Å². The SMILES string of the molecule is Cc1cc(N(C)C)ccc1CNc1ncccc1S(=O)(=O)N1CCCCC1. The van der Waals surface area contributed by atoms with Crippen LogP contribution in [0.25, 0.3) is 0 Å². The Morgan fingerprint density at radius 1 is 1.15 bits per heavy atom. The third-order valence-corrected chi connectivity index (χ3v) is 6.92. The Labute approximate surface area is 162 Å². The van der Waals surface area contributed by atoms with Crippen molar-refractivity contribution in [2.24, 2.45) is 0 Å². The summed E-state index contributed by atoms with van der Waals surface area (Å²) in [5.74, 6) is 0.416. The summed E-state index contributed by atoms with van der Waals surface area (Å²) < 4.78 is 27.7. The van der Waals surface area contributed by atoms with Crippen LogP contribution in [0.15, 0.2) is 41.4 Å². The molecule has 1 fully saturated rings. The van der Waals surface area contributed by atoms with Gasteiger partial charge in [-0.1, -0.05) is 12.5 Å². The summed E-state index contributed by atoms with van der Waals surface area (Å²) in [5, 5.41) is 3.23. The van der Waals surface area contributed by atoms with Gasteiger partial charge in [0.1, 0.15) is 10.7 Å². The number of aromatic nitrogens is 1. The van der Waals surface area contributed by atoms with Gasteiger partial charge in [0.15, 0.2) is 0 Å². The van der Waals surface area contributed by atoms with Gasteiger partial charge in [-0.3, -0.25) is 0 Å². The Bertz CT molecular complexity index is 891. The molecule has 27 heavy (non-hydrogen) atoms. The molecule has 1 aromatic carbocycles. The first-order valence-electron chi connectivity index (χ1n) is 9.35. The zero-order valence-corrected chi connectivity index (χ0v) is 17.1. The lowest BCUT2D eigenvalue weighted by atomic mass is 10.1. The molecule has 2 aromatic rings. The van der Waals surface area contributed by atoms with Gasteiger partial charge in [-0.05, 0) is 55.2 Å². The van der Waals surface area contributed by atoms with Crippen LogP contribution >= 0.6 is 0 Å². The second kappa shape index (κ2) is 8.27. The van der Waals surface area contributed by atoms with Gasteiger partial charge in [-0.15, -0.1) is 0 Å². The predicted molar refractivity (Wildman–Crippen MR) is 110 cm³/mol. The van der Waals surface area contributed by atoms with E-state index in [9.17, 15) is 8.42 Å². The molecule has 0 spiro atoms. The van der Waals surface area contributed by atoms with Crippen molar-refractivity contribution < 1.29 is 8.42 Å². The number of anilines is 2. The van der Waals surface area contributed by atoms with Crippen molar-refractivity contribution in [3.63, 3.8) is 0 Å². The molecular formula is C20H28N4O2S. The van der Waals surface area contributed by atoms with Gasteiger partial charge >= 0.3 is 0 Å². The average Bonchev–Trinajstić information content (AvgIpc) is 2.67. The van der Waals surface area contributed by atoms with Crippen LogP contribution in [0.2, 0.25) is 0 Å². The van der Waals surface area contributed by atoms with Gasteiger partial charge in [0.05, 0.1) is 0 Å². The molecule has 0 radical (unpaired) electrons. The van der Waals surface area contributed by atoms with Gasteiger partial charge in [0.25, 0.3) is 0 Å². The van der Waals surface area contributed by atoms with Gasteiger partial charge in [0, 0.05) is 45.6 Å². The normalized spacial score (nSPS) is 15.5. The van der Waals surface area contributed by atoms with E-state index < -0.39 is 10.0 Å². The number of nitrogens with one attached hydrogen (secondary N) is 1. The number of pyridine rings is 1. The van der Waals surface area contributed by atoms with Crippen molar-refractivity contribution in [2.75, 3.05) is 37.4 Å². The smallest absolute Gasteiger partial charge is 0.246 e. The molecule has 2 heterocycles. The summed E-state index contributed by atoms with van der Waals surface area (Å²) in [6.45, 7) is 3.76. The topological polar surface area (TPSA) is 65.5 Å². The van der Waals surface area contributed by atoms with Crippen molar-refractivity contribution in [1.82, 2.24) is 9.29 Å². The number of piperidine rings is 1. The summed E-state index contributed by atoms with van der Waals surface area (Å²) in [6, 6.07) is 9.58. The highest BCUT2D eigenvalue weighted by Crippen LogP contribution is 2.26. The van der Waals surface area contributed by atoms with Crippen LogP contribution in [-0.2, 0) is 16.6 Å². The van der Waals surface area contributed by atoms with Crippen molar-refractivity contribution in [2.45, 2.75) is 37.6 Å². The number of hydrogen-bond donors (Lipinski definition) is 1. The Morgan fingerprint density at radius 2 is 1.89 bits per heavy atom. The zero-order chi connectivity index (χ0) is 19.4. The lowest BCUT2D eigenvalue weighted by Crippen LogP contribution is -2.36. The van der Waals surface area contributed by atoms with Crippen molar-refractivity contribution in [3.8, 4) is 0 Å². The maximum Gasteiger partial charge on any atom is 0.246 e. The summed E-state index contributed by atoms with van der Waals surface area (Å²) >= 11 is 0. The predicted octanol–water partition coefficient (Wildman–Crippen LogP) is 3.24. The molecule has 0 unspecified atom stereocenters. The van der Waals surface area contributed by atoms with Crippen molar-refractivity contribution in [3.05, 3.63) is 47.7 Å². The molecule has 0 amide bonds. The minimum Gasteiger partial charge on any atom is -0.378 e. The summed E-state index contributed by atoms with van der Waals surface area (Å²) in [6.07, 6.45) is 4.55. The van der Waals surface area contributed by atoms with E-state index in [1.807, 2.05) is 14.1 Å². The molecule has 1 aromatic heterocycles. The molecule has 3 rings (SSSR count). The van der Waals surface area contributed by atoms with Crippen LogP contribution < -0.4 is 10.2 Å². The monoisotopic (exact) mass is 388 g/mol. The van der Waals surface area contributed by atoms with E-state index in [0.29, 0.717) is 25.5 Å². The molecule has 1 N–H and O–H groups in total. The highest BCUT2D eigenvalue weighted by Gasteiger charge is 2.28. The second-order valence-corrected chi connectivity index (χ2v) is 9.08. The van der Waals surface area contributed by atoms with E-state index >= 15 is 0 Å². The van der Waals surface area contributed by atoms with E-state index in [0.717, 1.165) is 36.1 Å². The maximum absolute atomic E-state index is 13.0. The van der Waals surface area contributed by atoms with Gasteiger partial charge < -0.3 is 10.2 Å². The molecule has 0 atom stereocenters. The largest absolute Gasteiger partial charge is 0.378 e. The fourth-order valence-corrected chi connectivity index (χ4v) is 4.95. The molecule has 146 valence electrons. The van der Waals surface area contributed by atoms with Gasteiger partial charge in [0.2, 0.25) is 10.0 Å². The van der Waals surface area contributed by atoms with Gasteiger partial charge in [-0.25, -0.2) is 13.4 Å². The number of benzene rings is 1. The Morgan fingerprint density at radius 3 is 2.56 bits per heavy atom. The summed E-state index contributed by atoms with van der Waals surface area (Å²) in [5.41, 5.74) is 3.42. The third-order valence-electron chi connectivity index (χ3n) is 4.99. The van der Waals surface area contributed by atoms with Crippen LogP contribution in [-0.4, -0.2) is 44.9 Å². The zero-order valence-electron chi connectivity index (χ0n) is 16.3. The molecule has 0 saturated carbocycles. The van der Waals surface area contributed by atoms with Crippen LogP contribution in [0.4, 0.5) is 11.5 Å². The molecule has 1 aliphatic rings. The second-order valence-electron chi connectivity index (χ2n) is 7.17. The van der Waals surface area contributed by atoms with E-state index in [-0.39, 0.29) is 4.90 Å². The maximum atomic E-state index is 13.0. The number of nitrogens with zero attached hydrogens (tertiary/aromatic N) is 3. The van der Waals surface area contributed by atoms with Crippen LogP contribution in [0.3, 0.4) is 0 Å². The Hall–Kier alpha value is -2.12. The van der Waals surface area contributed by atoms with E-state index in [2.05, 4.69) is 40.3 Å². The fourth-order valence-electron chi connectivity index (χ4n) is 3.31. The lowest BCUT2D eigenvalue weighted by Gasteiger charge is -2.26. The number of aryl methyl sites for hydroxylation is 1. The standard InChI is InChI=1S/C20H28N4O2S/c1-16-14-18(23(2)3)10-9-17(16)15-22-20-19(8-7-11-21-20)27(25,26)24-12-5-4-6-13-24/h7-11,14H,4-6,12-13,15H2,1-3H3,(H,21,22). The summed E-state index contributed by atoms with van der Waals surface area (Å²) in [4.78, 5) is 6.63. The minimum absolute atomic E-state index is 0.259. The number of rotatable bonds is 6. The van der Waals surface area contributed by atoms with E-state index in [4.69, 9.17) is 0 Å². The first kappa shape index (κ1) is 19.6. The first-order chi connectivity index (χ1) is 12.9. The van der Waals surface area contributed by atoms with Gasteiger partial charge in [-0.2, -0.15) is 4.31 Å². The molecule has 6 nitrogen and oxygen atoms in total. The minimum atomic E-state index is -3.52. The highest BCUT2D eigenvalue weighted by molar-refractivity contribution is 7.89. The number of sulfonamides is 1. The molecule has 7 heteroatoms. The summed E-state index contributed by atoms with van der Waals surface area (Å²) in [7, 11) is 0.501. The molecule has 0 bridgehead atoms. The Balaban J connectivity index is 1.81. The fraction of sp³-hybridized carbons (Fsp3) is 0.450. The molecule has 1 aliphatic heterocycles. The number of hydrogen-bond acceptors (Lipinski definition) is 5. The molecular weight excluding hydrogens is 360 g/mol. The van der Waals surface area contributed by atoms with Crippen molar-refractivity contribution >= 4 is 21.5 Å². The molecule has 1 saturated heterocycles. The Kier molecular flexibility index (Phi) is 6.01. The first-order valence-corrected chi connectivity index (χ1v) is 10.8. The van der Waals surface area contributed by atoms with E-state index in [1.165, 1.54) is 0 Å². The van der Waals surface area contributed by atoms with E-state index in [1.54, 1.807) is 22.6 Å². The van der Waals surface area contributed by atoms with Crippen LogP contribution in [0, 0.1) is 6.92 Å². The quantitative estimate of drug-likeness (QED) is 0.823. The average molecular weight is 389 g/mol. The van der Waals surface area contributed by atoms with Crippen molar-refractivity contribution in [1.29, 1.82) is 0 Å². The molecule has 0 aliphatic carbocycles.